The minimum absolute atomic E-state index is 0.220. The second-order valence-electron chi connectivity index (χ2n) is 5.13. The maximum atomic E-state index is 11.6. The van der Waals surface area contributed by atoms with Crippen LogP contribution in [0.15, 0.2) is 24.3 Å². The largest absolute Gasteiger partial charge is 0.480 e. The van der Waals surface area contributed by atoms with Crippen molar-refractivity contribution in [2.75, 3.05) is 18.0 Å². The van der Waals surface area contributed by atoms with Gasteiger partial charge in [0, 0.05) is 24.7 Å². The van der Waals surface area contributed by atoms with Crippen LogP contribution in [0.1, 0.15) is 25.3 Å². The van der Waals surface area contributed by atoms with E-state index >= 15 is 0 Å². The number of carboxylic acid groups (broad SMARTS) is 1. The Hall–Kier alpha value is -2.04. The van der Waals surface area contributed by atoms with Gasteiger partial charge in [0.1, 0.15) is 6.54 Å². The molecule has 0 aromatic heterocycles. The van der Waals surface area contributed by atoms with Gasteiger partial charge >= 0.3 is 5.97 Å². The van der Waals surface area contributed by atoms with Crippen molar-refractivity contribution in [1.29, 1.82) is 0 Å². The van der Waals surface area contributed by atoms with Gasteiger partial charge in [0.2, 0.25) is 5.91 Å². The number of aliphatic carboxylic acids is 1. The molecule has 20 heavy (non-hydrogen) atoms. The number of hydrogen-bond donors (Lipinski definition) is 2. The van der Waals surface area contributed by atoms with Gasteiger partial charge in [-0.05, 0) is 31.4 Å². The molecule has 1 atom stereocenters. The van der Waals surface area contributed by atoms with Gasteiger partial charge in [-0.1, -0.05) is 18.2 Å². The van der Waals surface area contributed by atoms with Crippen LogP contribution >= 0.6 is 0 Å². The van der Waals surface area contributed by atoms with Crippen molar-refractivity contribution in [2.24, 2.45) is 0 Å². The lowest BCUT2D eigenvalue weighted by molar-refractivity contribution is -0.137. The molecule has 1 aliphatic rings. The summed E-state index contributed by atoms with van der Waals surface area (Å²) in [6, 6.07) is 8.65. The Labute approximate surface area is 118 Å². The van der Waals surface area contributed by atoms with Gasteiger partial charge in [-0.2, -0.15) is 0 Å². The molecule has 5 nitrogen and oxygen atoms in total. The highest BCUT2D eigenvalue weighted by atomic mass is 16.4. The molecule has 5 heteroatoms. The number of fused-ring (bicyclic) bond motifs is 1. The fraction of sp³-hybridized carbons (Fsp3) is 0.467. The molecular formula is C15H20N2O3. The Kier molecular flexibility index (Phi) is 4.61. The molecule has 1 amide bonds. The molecule has 1 aromatic carbocycles. The van der Waals surface area contributed by atoms with Gasteiger partial charge < -0.3 is 15.3 Å². The summed E-state index contributed by atoms with van der Waals surface area (Å²) >= 11 is 0. The number of carbonyl (C=O) groups excluding carboxylic acids is 1. The van der Waals surface area contributed by atoms with E-state index in [0.29, 0.717) is 19.0 Å². The number of hydrogen-bond acceptors (Lipinski definition) is 3. The van der Waals surface area contributed by atoms with Crippen molar-refractivity contribution in [3.05, 3.63) is 29.8 Å². The standard InChI is InChI=1S/C15H20N2O3/c1-11-6-7-12-4-2-3-5-13(12)17(11)9-8-14(18)16-10-15(19)20/h2-5,11H,6-10H2,1H3,(H,16,18)(H,19,20)/t11-/m1/s1. The van der Waals surface area contributed by atoms with E-state index in [1.807, 2.05) is 12.1 Å². The van der Waals surface area contributed by atoms with Crippen LogP contribution in [-0.4, -0.2) is 36.1 Å². The highest BCUT2D eigenvalue weighted by molar-refractivity contribution is 5.81. The van der Waals surface area contributed by atoms with Crippen molar-refractivity contribution in [3.8, 4) is 0 Å². The van der Waals surface area contributed by atoms with Crippen LogP contribution in [0.5, 0.6) is 0 Å². The van der Waals surface area contributed by atoms with E-state index in [9.17, 15) is 9.59 Å². The lowest BCUT2D eigenvalue weighted by Gasteiger charge is -2.37. The summed E-state index contributed by atoms with van der Waals surface area (Å²) < 4.78 is 0. The summed E-state index contributed by atoms with van der Waals surface area (Å²) in [4.78, 5) is 24.2. The van der Waals surface area contributed by atoms with E-state index in [1.54, 1.807) is 0 Å². The topological polar surface area (TPSA) is 69.6 Å². The summed E-state index contributed by atoms with van der Waals surface area (Å²) in [6.07, 6.45) is 2.46. The summed E-state index contributed by atoms with van der Waals surface area (Å²) in [5, 5.41) is 10.9. The van der Waals surface area contributed by atoms with Crippen LogP contribution in [0.4, 0.5) is 5.69 Å². The molecule has 0 spiro atoms. The third kappa shape index (κ3) is 3.50. The van der Waals surface area contributed by atoms with Gasteiger partial charge in [0.05, 0.1) is 0 Å². The second-order valence-corrected chi connectivity index (χ2v) is 5.13. The lowest BCUT2D eigenvalue weighted by atomic mass is 9.96. The van der Waals surface area contributed by atoms with Crippen LogP contribution in [0.25, 0.3) is 0 Å². The number of rotatable bonds is 5. The number of nitrogens with one attached hydrogen (secondary N) is 1. The predicted molar refractivity (Wildman–Crippen MR) is 76.8 cm³/mol. The van der Waals surface area contributed by atoms with E-state index in [-0.39, 0.29) is 12.5 Å². The Balaban J connectivity index is 1.95. The zero-order valence-corrected chi connectivity index (χ0v) is 11.6. The van der Waals surface area contributed by atoms with Crippen LogP contribution in [0, 0.1) is 0 Å². The fourth-order valence-electron chi connectivity index (χ4n) is 2.59. The van der Waals surface area contributed by atoms with Crippen molar-refractivity contribution in [2.45, 2.75) is 32.2 Å². The Bertz CT molecular complexity index is 502. The van der Waals surface area contributed by atoms with Gasteiger partial charge in [0.15, 0.2) is 0 Å². The predicted octanol–water partition coefficient (Wildman–Crippen LogP) is 1.42. The van der Waals surface area contributed by atoms with Crippen molar-refractivity contribution >= 4 is 17.6 Å². The third-order valence-corrected chi connectivity index (χ3v) is 3.68. The summed E-state index contributed by atoms with van der Waals surface area (Å²) in [7, 11) is 0. The molecule has 108 valence electrons. The first kappa shape index (κ1) is 14.4. The zero-order valence-electron chi connectivity index (χ0n) is 11.6. The molecule has 0 saturated heterocycles. The Morgan fingerprint density at radius 2 is 2.15 bits per heavy atom. The molecule has 0 radical (unpaired) electrons. The molecule has 1 aromatic rings. The first-order chi connectivity index (χ1) is 9.58. The highest BCUT2D eigenvalue weighted by Gasteiger charge is 2.22. The molecule has 0 bridgehead atoms. The van der Waals surface area contributed by atoms with Gasteiger partial charge in [0.25, 0.3) is 0 Å². The monoisotopic (exact) mass is 276 g/mol. The molecule has 0 aliphatic carbocycles. The van der Waals surface area contributed by atoms with Gasteiger partial charge in [-0.25, -0.2) is 0 Å². The average molecular weight is 276 g/mol. The third-order valence-electron chi connectivity index (χ3n) is 3.68. The van der Waals surface area contributed by atoms with Crippen LogP contribution < -0.4 is 10.2 Å². The lowest BCUT2D eigenvalue weighted by Crippen LogP contribution is -2.40. The quantitative estimate of drug-likeness (QED) is 0.853. The van der Waals surface area contributed by atoms with Crippen molar-refractivity contribution < 1.29 is 14.7 Å². The van der Waals surface area contributed by atoms with E-state index in [4.69, 9.17) is 5.11 Å². The van der Waals surface area contributed by atoms with E-state index in [0.717, 1.165) is 12.8 Å². The van der Waals surface area contributed by atoms with E-state index < -0.39 is 5.97 Å². The number of anilines is 1. The maximum absolute atomic E-state index is 11.6. The first-order valence-electron chi connectivity index (χ1n) is 6.91. The molecule has 0 fully saturated rings. The Morgan fingerprint density at radius 3 is 2.90 bits per heavy atom. The summed E-state index contributed by atoms with van der Waals surface area (Å²) in [5.41, 5.74) is 2.51. The van der Waals surface area contributed by atoms with E-state index in [1.165, 1.54) is 11.3 Å². The van der Waals surface area contributed by atoms with Crippen LogP contribution in [-0.2, 0) is 16.0 Å². The summed E-state index contributed by atoms with van der Waals surface area (Å²) in [6.45, 7) is 2.46. The van der Waals surface area contributed by atoms with Crippen molar-refractivity contribution in [1.82, 2.24) is 5.32 Å². The molecule has 0 unspecified atom stereocenters. The van der Waals surface area contributed by atoms with Crippen LogP contribution in [0.3, 0.4) is 0 Å². The van der Waals surface area contributed by atoms with Gasteiger partial charge in [-0.3, -0.25) is 9.59 Å². The van der Waals surface area contributed by atoms with Gasteiger partial charge in [-0.15, -0.1) is 0 Å². The van der Waals surface area contributed by atoms with Crippen LogP contribution in [0.2, 0.25) is 0 Å². The fourth-order valence-corrected chi connectivity index (χ4v) is 2.59. The molecule has 1 aliphatic heterocycles. The normalized spacial score (nSPS) is 17.4. The SMILES string of the molecule is C[C@@H]1CCc2ccccc2N1CCC(=O)NCC(=O)O. The highest BCUT2D eigenvalue weighted by Crippen LogP contribution is 2.30. The average Bonchev–Trinajstić information content (AvgIpc) is 2.44. The molecule has 1 heterocycles. The number of para-hydroxylation sites is 1. The molecule has 0 saturated carbocycles. The molecule has 2 rings (SSSR count). The number of nitrogens with zero attached hydrogens (tertiary/aromatic N) is 1. The number of carbonyl (C=O) groups is 2. The summed E-state index contributed by atoms with van der Waals surface area (Å²) in [5.74, 6) is -1.24. The number of benzene rings is 1. The first-order valence-corrected chi connectivity index (χ1v) is 6.91. The number of aryl methyl sites for hydroxylation is 1. The zero-order chi connectivity index (χ0) is 14.5. The minimum Gasteiger partial charge on any atom is -0.480 e. The number of carboxylic acids is 1. The maximum Gasteiger partial charge on any atom is 0.322 e. The molecule has 2 N–H and O–H groups in total. The van der Waals surface area contributed by atoms with E-state index in [2.05, 4.69) is 29.3 Å². The number of amides is 1. The van der Waals surface area contributed by atoms with Crippen molar-refractivity contribution in [3.63, 3.8) is 0 Å². The molecular weight excluding hydrogens is 256 g/mol. The minimum atomic E-state index is -1.02. The Morgan fingerprint density at radius 1 is 1.40 bits per heavy atom. The smallest absolute Gasteiger partial charge is 0.322 e. The second kappa shape index (κ2) is 6.41.